The van der Waals surface area contributed by atoms with Gasteiger partial charge >= 0.3 is 0 Å². The molecule has 0 spiro atoms. The molecule has 0 aliphatic rings. The van der Waals surface area contributed by atoms with Crippen LogP contribution in [0.5, 0.6) is 5.75 Å². The quantitative estimate of drug-likeness (QED) is 0.590. The highest BCUT2D eigenvalue weighted by Crippen LogP contribution is 2.20. The Balaban J connectivity index is 2.51. The van der Waals surface area contributed by atoms with E-state index in [1.165, 1.54) is 0 Å². The van der Waals surface area contributed by atoms with E-state index < -0.39 is 0 Å². The van der Waals surface area contributed by atoms with Gasteiger partial charge in [0.05, 0.1) is 6.61 Å². The van der Waals surface area contributed by atoms with Crippen molar-refractivity contribution in [2.45, 2.75) is 6.92 Å². The molecule has 0 N–H and O–H groups in total. The second kappa shape index (κ2) is 6.58. The van der Waals surface area contributed by atoms with E-state index in [1.54, 1.807) is 12.1 Å². The molecule has 82 valence electrons. The number of aldehydes is 1. The first kappa shape index (κ1) is 12.2. The molecule has 0 amide bonds. The minimum absolute atomic E-state index is 0.494. The van der Waals surface area contributed by atoms with Crippen molar-refractivity contribution < 1.29 is 14.3 Å². The van der Waals surface area contributed by atoms with Crippen LogP contribution in [-0.4, -0.2) is 26.1 Å². The molecule has 1 rings (SSSR count). The second-order valence-electron chi connectivity index (χ2n) is 2.85. The first-order valence-electron chi connectivity index (χ1n) is 4.73. The molecule has 0 saturated heterocycles. The van der Waals surface area contributed by atoms with Crippen LogP contribution in [-0.2, 0) is 4.74 Å². The Bertz CT molecular complexity index is 326. The SMILES string of the molecule is CCOCCOc1ccc(Br)c(C=O)c1. The first-order chi connectivity index (χ1) is 7.27. The maximum atomic E-state index is 10.6. The highest BCUT2D eigenvalue weighted by atomic mass is 79.9. The molecule has 0 aliphatic carbocycles. The Hall–Kier alpha value is -0.870. The van der Waals surface area contributed by atoms with Gasteiger partial charge in [0.2, 0.25) is 0 Å². The van der Waals surface area contributed by atoms with Crippen molar-refractivity contribution in [3.63, 3.8) is 0 Å². The third-order valence-electron chi connectivity index (χ3n) is 1.79. The monoisotopic (exact) mass is 272 g/mol. The summed E-state index contributed by atoms with van der Waals surface area (Å²) in [6.45, 7) is 3.67. The normalized spacial score (nSPS) is 10.0. The fourth-order valence-electron chi connectivity index (χ4n) is 1.06. The molecule has 0 aromatic heterocycles. The highest BCUT2D eigenvalue weighted by Gasteiger charge is 2.00. The van der Waals surface area contributed by atoms with Crippen molar-refractivity contribution in [2.24, 2.45) is 0 Å². The number of hydrogen-bond acceptors (Lipinski definition) is 3. The maximum Gasteiger partial charge on any atom is 0.151 e. The van der Waals surface area contributed by atoms with Crippen LogP contribution in [0, 0.1) is 0 Å². The molecule has 0 bridgehead atoms. The molecule has 0 radical (unpaired) electrons. The van der Waals surface area contributed by atoms with Gasteiger partial charge in [-0.1, -0.05) is 15.9 Å². The molecule has 1 aromatic rings. The summed E-state index contributed by atoms with van der Waals surface area (Å²) in [5.74, 6) is 0.681. The number of benzene rings is 1. The summed E-state index contributed by atoms with van der Waals surface area (Å²) in [5.41, 5.74) is 0.587. The summed E-state index contributed by atoms with van der Waals surface area (Å²) >= 11 is 3.27. The zero-order valence-electron chi connectivity index (χ0n) is 8.53. The fourth-order valence-corrected chi connectivity index (χ4v) is 1.40. The van der Waals surface area contributed by atoms with E-state index in [9.17, 15) is 4.79 Å². The lowest BCUT2D eigenvalue weighted by molar-refractivity contribution is 0.109. The van der Waals surface area contributed by atoms with Gasteiger partial charge in [-0.3, -0.25) is 4.79 Å². The topological polar surface area (TPSA) is 35.5 Å². The highest BCUT2D eigenvalue weighted by molar-refractivity contribution is 9.10. The molecular weight excluding hydrogens is 260 g/mol. The average Bonchev–Trinajstić information content (AvgIpc) is 2.26. The number of rotatable bonds is 6. The van der Waals surface area contributed by atoms with Crippen LogP contribution in [0.4, 0.5) is 0 Å². The van der Waals surface area contributed by atoms with E-state index >= 15 is 0 Å². The van der Waals surface area contributed by atoms with E-state index in [2.05, 4.69) is 15.9 Å². The van der Waals surface area contributed by atoms with Crippen LogP contribution in [0.1, 0.15) is 17.3 Å². The smallest absolute Gasteiger partial charge is 0.151 e. The van der Waals surface area contributed by atoms with E-state index in [4.69, 9.17) is 9.47 Å². The van der Waals surface area contributed by atoms with Gasteiger partial charge in [-0.2, -0.15) is 0 Å². The summed E-state index contributed by atoms with van der Waals surface area (Å²) in [5, 5.41) is 0. The summed E-state index contributed by atoms with van der Waals surface area (Å²) in [6, 6.07) is 5.30. The largest absolute Gasteiger partial charge is 0.491 e. The fraction of sp³-hybridized carbons (Fsp3) is 0.364. The number of ether oxygens (including phenoxy) is 2. The lowest BCUT2D eigenvalue weighted by atomic mass is 10.2. The van der Waals surface area contributed by atoms with Crippen molar-refractivity contribution >= 4 is 22.2 Å². The lowest BCUT2D eigenvalue weighted by Gasteiger charge is -2.07. The second-order valence-corrected chi connectivity index (χ2v) is 3.70. The Labute approximate surface area is 97.5 Å². The van der Waals surface area contributed by atoms with Gasteiger partial charge in [-0.15, -0.1) is 0 Å². The van der Waals surface area contributed by atoms with E-state index in [-0.39, 0.29) is 0 Å². The van der Waals surface area contributed by atoms with Gasteiger partial charge in [-0.25, -0.2) is 0 Å². The summed E-state index contributed by atoms with van der Waals surface area (Å²) in [7, 11) is 0. The van der Waals surface area contributed by atoms with Gasteiger partial charge in [0.1, 0.15) is 12.4 Å². The van der Waals surface area contributed by atoms with Crippen molar-refractivity contribution in [1.29, 1.82) is 0 Å². The number of carbonyl (C=O) groups is 1. The third-order valence-corrected chi connectivity index (χ3v) is 2.52. The Kier molecular flexibility index (Phi) is 5.36. The summed E-state index contributed by atoms with van der Waals surface area (Å²) in [4.78, 5) is 10.6. The standard InChI is InChI=1S/C11H13BrO3/c1-2-14-5-6-15-10-3-4-11(12)9(7-10)8-13/h3-4,7-8H,2,5-6H2,1H3. The lowest BCUT2D eigenvalue weighted by Crippen LogP contribution is -2.06. The molecule has 3 nitrogen and oxygen atoms in total. The van der Waals surface area contributed by atoms with E-state index in [0.29, 0.717) is 31.1 Å². The Morgan fingerprint density at radius 3 is 2.87 bits per heavy atom. The number of hydrogen-bond donors (Lipinski definition) is 0. The molecule has 0 saturated carbocycles. The molecule has 1 aromatic carbocycles. The van der Waals surface area contributed by atoms with Gasteiger partial charge in [0.15, 0.2) is 6.29 Å². The van der Waals surface area contributed by atoms with Gasteiger partial charge in [0.25, 0.3) is 0 Å². The maximum absolute atomic E-state index is 10.6. The van der Waals surface area contributed by atoms with E-state index in [0.717, 1.165) is 10.8 Å². The minimum atomic E-state index is 0.494. The molecule has 0 aliphatic heterocycles. The zero-order chi connectivity index (χ0) is 11.1. The van der Waals surface area contributed by atoms with Crippen LogP contribution in [0.3, 0.4) is 0 Å². The van der Waals surface area contributed by atoms with Crippen LogP contribution >= 0.6 is 15.9 Å². The third kappa shape index (κ3) is 4.01. The van der Waals surface area contributed by atoms with Crippen LogP contribution in [0.25, 0.3) is 0 Å². The number of halogens is 1. The Morgan fingerprint density at radius 2 is 2.20 bits per heavy atom. The first-order valence-corrected chi connectivity index (χ1v) is 5.52. The van der Waals surface area contributed by atoms with Crippen molar-refractivity contribution in [3.05, 3.63) is 28.2 Å². The molecule has 0 unspecified atom stereocenters. The van der Waals surface area contributed by atoms with Crippen LogP contribution in [0.2, 0.25) is 0 Å². The average molecular weight is 273 g/mol. The van der Waals surface area contributed by atoms with Gasteiger partial charge in [-0.05, 0) is 25.1 Å². The van der Waals surface area contributed by atoms with Crippen molar-refractivity contribution in [3.8, 4) is 5.75 Å². The Morgan fingerprint density at radius 1 is 1.40 bits per heavy atom. The molecular formula is C11H13BrO3. The van der Waals surface area contributed by atoms with Gasteiger partial charge < -0.3 is 9.47 Å². The van der Waals surface area contributed by atoms with Crippen LogP contribution < -0.4 is 4.74 Å². The molecule has 0 heterocycles. The zero-order valence-corrected chi connectivity index (χ0v) is 10.1. The summed E-state index contributed by atoms with van der Waals surface area (Å²) < 4.78 is 11.3. The van der Waals surface area contributed by atoms with Crippen molar-refractivity contribution in [2.75, 3.05) is 19.8 Å². The minimum Gasteiger partial charge on any atom is -0.491 e. The molecule has 15 heavy (non-hydrogen) atoms. The summed E-state index contributed by atoms with van der Waals surface area (Å²) in [6.07, 6.45) is 0.791. The number of carbonyl (C=O) groups excluding carboxylic acids is 1. The predicted molar refractivity (Wildman–Crippen MR) is 61.5 cm³/mol. The predicted octanol–water partition coefficient (Wildman–Crippen LogP) is 2.68. The molecule has 4 heteroatoms. The molecule has 0 fully saturated rings. The van der Waals surface area contributed by atoms with Crippen LogP contribution in [0.15, 0.2) is 22.7 Å². The van der Waals surface area contributed by atoms with Gasteiger partial charge in [0, 0.05) is 16.6 Å². The molecule has 0 atom stereocenters. The van der Waals surface area contributed by atoms with E-state index in [1.807, 2.05) is 13.0 Å². The van der Waals surface area contributed by atoms with Crippen molar-refractivity contribution in [1.82, 2.24) is 0 Å².